The Kier molecular flexibility index (Phi) is 5.00. The molecule has 0 radical (unpaired) electrons. The molecular weight excluding hydrogens is 356 g/mol. The average Bonchev–Trinajstić information content (AvgIpc) is 3.00. The lowest BCUT2D eigenvalue weighted by Crippen LogP contribution is -2.35. The van der Waals surface area contributed by atoms with Gasteiger partial charge in [0.1, 0.15) is 12.4 Å². The molecule has 28 heavy (non-hydrogen) atoms. The second-order valence-electron chi connectivity index (χ2n) is 7.14. The van der Waals surface area contributed by atoms with Gasteiger partial charge in [-0.25, -0.2) is 4.98 Å². The second-order valence-corrected chi connectivity index (χ2v) is 7.14. The van der Waals surface area contributed by atoms with E-state index in [1.165, 1.54) is 0 Å². The van der Waals surface area contributed by atoms with Crippen molar-refractivity contribution in [3.05, 3.63) is 63.5 Å². The van der Waals surface area contributed by atoms with Crippen LogP contribution in [0.2, 0.25) is 0 Å². The van der Waals surface area contributed by atoms with Gasteiger partial charge in [-0.3, -0.25) is 14.5 Å². The van der Waals surface area contributed by atoms with E-state index in [0.29, 0.717) is 25.5 Å². The Morgan fingerprint density at radius 3 is 2.96 bits per heavy atom. The minimum atomic E-state index is -0.241. The molecule has 0 saturated heterocycles. The van der Waals surface area contributed by atoms with E-state index in [0.717, 1.165) is 40.7 Å². The number of nitrogens with one attached hydrogen (secondary N) is 1. The SMILES string of the molecule is CCOC(=O)Cn1cc(CN2CCc3nc(C)[nH]c(=O)c3C2)c2ccccc21. The van der Waals surface area contributed by atoms with E-state index in [-0.39, 0.29) is 18.1 Å². The van der Waals surface area contributed by atoms with E-state index in [2.05, 4.69) is 20.9 Å². The third-order valence-electron chi connectivity index (χ3n) is 5.14. The number of hydrogen-bond acceptors (Lipinski definition) is 5. The lowest BCUT2D eigenvalue weighted by Gasteiger charge is -2.27. The first-order valence-electron chi connectivity index (χ1n) is 9.58. The summed E-state index contributed by atoms with van der Waals surface area (Å²) in [6.45, 7) is 6.33. The number of nitrogens with zero attached hydrogens (tertiary/aromatic N) is 3. The van der Waals surface area contributed by atoms with E-state index < -0.39 is 0 Å². The van der Waals surface area contributed by atoms with Crippen molar-refractivity contribution in [1.29, 1.82) is 0 Å². The van der Waals surface area contributed by atoms with Crippen molar-refractivity contribution in [2.75, 3.05) is 13.2 Å². The summed E-state index contributed by atoms with van der Waals surface area (Å²) in [7, 11) is 0. The van der Waals surface area contributed by atoms with Gasteiger partial charge >= 0.3 is 5.97 Å². The predicted molar refractivity (Wildman–Crippen MR) is 106 cm³/mol. The monoisotopic (exact) mass is 380 g/mol. The maximum Gasteiger partial charge on any atom is 0.325 e. The number of aromatic amines is 1. The number of aryl methyl sites for hydroxylation is 1. The van der Waals surface area contributed by atoms with Crippen LogP contribution < -0.4 is 5.56 Å². The summed E-state index contributed by atoms with van der Waals surface area (Å²) < 4.78 is 7.04. The molecule has 146 valence electrons. The molecule has 0 bridgehead atoms. The van der Waals surface area contributed by atoms with Crippen LogP contribution in [0.15, 0.2) is 35.3 Å². The summed E-state index contributed by atoms with van der Waals surface area (Å²) in [6.07, 6.45) is 2.79. The molecule has 0 spiro atoms. The van der Waals surface area contributed by atoms with Crippen LogP contribution >= 0.6 is 0 Å². The number of esters is 1. The summed E-state index contributed by atoms with van der Waals surface area (Å²) >= 11 is 0. The maximum atomic E-state index is 12.3. The highest BCUT2D eigenvalue weighted by molar-refractivity contribution is 5.85. The number of carbonyl (C=O) groups is 1. The normalized spacial score (nSPS) is 14.2. The van der Waals surface area contributed by atoms with Gasteiger partial charge in [-0.2, -0.15) is 0 Å². The summed E-state index contributed by atoms with van der Waals surface area (Å²) in [4.78, 5) is 33.8. The highest BCUT2D eigenvalue weighted by atomic mass is 16.5. The van der Waals surface area contributed by atoms with Crippen LogP contribution in [0, 0.1) is 6.92 Å². The average molecular weight is 380 g/mol. The van der Waals surface area contributed by atoms with Gasteiger partial charge in [0.2, 0.25) is 0 Å². The van der Waals surface area contributed by atoms with Crippen molar-refractivity contribution in [1.82, 2.24) is 19.4 Å². The van der Waals surface area contributed by atoms with Gasteiger partial charge in [-0.15, -0.1) is 0 Å². The number of para-hydroxylation sites is 1. The first-order chi connectivity index (χ1) is 13.5. The first-order valence-corrected chi connectivity index (χ1v) is 9.58. The maximum absolute atomic E-state index is 12.3. The fourth-order valence-electron chi connectivity index (χ4n) is 3.91. The highest BCUT2D eigenvalue weighted by Crippen LogP contribution is 2.25. The molecule has 0 amide bonds. The minimum Gasteiger partial charge on any atom is -0.465 e. The molecule has 1 aliphatic heterocycles. The minimum absolute atomic E-state index is 0.0445. The van der Waals surface area contributed by atoms with Crippen molar-refractivity contribution in [2.45, 2.75) is 39.9 Å². The molecule has 1 N–H and O–H groups in total. The van der Waals surface area contributed by atoms with Crippen LogP contribution in [-0.2, 0) is 35.6 Å². The number of hydrogen-bond donors (Lipinski definition) is 1. The zero-order valence-electron chi connectivity index (χ0n) is 16.2. The predicted octanol–water partition coefficient (Wildman–Crippen LogP) is 2.15. The van der Waals surface area contributed by atoms with E-state index in [9.17, 15) is 9.59 Å². The van der Waals surface area contributed by atoms with E-state index in [1.807, 2.05) is 42.8 Å². The van der Waals surface area contributed by atoms with Crippen molar-refractivity contribution in [3.8, 4) is 0 Å². The van der Waals surface area contributed by atoms with Gasteiger partial charge in [-0.05, 0) is 25.5 Å². The topological polar surface area (TPSA) is 80.2 Å². The molecule has 0 unspecified atom stereocenters. The van der Waals surface area contributed by atoms with E-state index >= 15 is 0 Å². The van der Waals surface area contributed by atoms with Crippen LogP contribution in [0.4, 0.5) is 0 Å². The standard InChI is InChI=1S/C21H24N4O3/c1-3-28-20(26)13-25-11-15(16-6-4-5-7-19(16)25)10-24-9-8-18-17(12-24)21(27)23-14(2)22-18/h4-7,11H,3,8-10,12-13H2,1-2H3,(H,22,23,27). The van der Waals surface area contributed by atoms with Gasteiger partial charge in [0.25, 0.3) is 5.56 Å². The van der Waals surface area contributed by atoms with Gasteiger partial charge in [0, 0.05) is 43.2 Å². The van der Waals surface area contributed by atoms with Gasteiger partial charge in [-0.1, -0.05) is 18.2 Å². The Bertz CT molecular complexity index is 1080. The fourth-order valence-corrected chi connectivity index (χ4v) is 3.91. The van der Waals surface area contributed by atoms with Gasteiger partial charge in [0.05, 0.1) is 17.9 Å². The number of fused-ring (bicyclic) bond motifs is 2. The van der Waals surface area contributed by atoms with Gasteiger partial charge < -0.3 is 14.3 Å². The summed E-state index contributed by atoms with van der Waals surface area (Å²) in [5.74, 6) is 0.425. The smallest absolute Gasteiger partial charge is 0.325 e. The lowest BCUT2D eigenvalue weighted by atomic mass is 10.1. The Labute approximate surface area is 163 Å². The number of rotatable bonds is 5. The molecule has 4 rings (SSSR count). The van der Waals surface area contributed by atoms with E-state index in [4.69, 9.17) is 4.74 Å². The Hall–Kier alpha value is -2.93. The number of H-pyrrole nitrogens is 1. The molecule has 2 aromatic heterocycles. The van der Waals surface area contributed by atoms with Crippen molar-refractivity contribution >= 4 is 16.9 Å². The third kappa shape index (κ3) is 3.57. The zero-order valence-corrected chi connectivity index (χ0v) is 16.2. The summed E-state index contributed by atoms with van der Waals surface area (Å²) in [6, 6.07) is 8.06. The molecule has 7 nitrogen and oxygen atoms in total. The Balaban J connectivity index is 1.60. The molecule has 0 fully saturated rings. The molecular formula is C21H24N4O3. The number of carbonyl (C=O) groups excluding carboxylic acids is 1. The van der Waals surface area contributed by atoms with Crippen molar-refractivity contribution in [3.63, 3.8) is 0 Å². The molecule has 0 aliphatic carbocycles. The Morgan fingerprint density at radius 1 is 1.32 bits per heavy atom. The van der Waals surface area contributed by atoms with E-state index in [1.54, 1.807) is 0 Å². The molecule has 0 saturated carbocycles. The molecule has 0 atom stereocenters. The van der Waals surface area contributed by atoms with Crippen LogP contribution in [0.5, 0.6) is 0 Å². The number of ether oxygens (including phenoxy) is 1. The zero-order chi connectivity index (χ0) is 19.7. The molecule has 1 aromatic carbocycles. The molecule has 1 aliphatic rings. The number of aromatic nitrogens is 3. The lowest BCUT2D eigenvalue weighted by molar-refractivity contribution is -0.143. The molecule has 3 aromatic rings. The fraction of sp³-hybridized carbons (Fsp3) is 0.381. The number of benzene rings is 1. The largest absolute Gasteiger partial charge is 0.465 e. The van der Waals surface area contributed by atoms with Crippen LogP contribution in [0.25, 0.3) is 10.9 Å². The molecule has 7 heteroatoms. The Morgan fingerprint density at radius 2 is 2.14 bits per heavy atom. The molecule has 3 heterocycles. The van der Waals surface area contributed by atoms with Gasteiger partial charge in [0.15, 0.2) is 0 Å². The van der Waals surface area contributed by atoms with Crippen LogP contribution in [-0.4, -0.2) is 38.6 Å². The van der Waals surface area contributed by atoms with Crippen LogP contribution in [0.3, 0.4) is 0 Å². The quantitative estimate of drug-likeness (QED) is 0.686. The third-order valence-corrected chi connectivity index (χ3v) is 5.14. The van der Waals surface area contributed by atoms with Crippen molar-refractivity contribution in [2.24, 2.45) is 0 Å². The van der Waals surface area contributed by atoms with Crippen LogP contribution in [0.1, 0.15) is 29.6 Å². The second kappa shape index (κ2) is 7.59. The van der Waals surface area contributed by atoms with Crippen molar-refractivity contribution < 1.29 is 9.53 Å². The summed E-state index contributed by atoms with van der Waals surface area (Å²) in [5, 5.41) is 1.12. The highest BCUT2D eigenvalue weighted by Gasteiger charge is 2.22. The summed E-state index contributed by atoms with van der Waals surface area (Å²) in [5.41, 5.74) is 3.77. The first kappa shape index (κ1) is 18.4.